The van der Waals surface area contributed by atoms with Gasteiger partial charge in [-0.3, -0.25) is 0 Å². The number of anilines is 2. The van der Waals surface area contributed by atoms with Gasteiger partial charge in [0.15, 0.2) is 0 Å². The van der Waals surface area contributed by atoms with E-state index >= 15 is 0 Å². The van der Waals surface area contributed by atoms with E-state index < -0.39 is 0 Å². The van der Waals surface area contributed by atoms with E-state index in [-0.39, 0.29) is 0 Å². The smallest absolute Gasteiger partial charge is 0.248 e. The van der Waals surface area contributed by atoms with E-state index in [2.05, 4.69) is 50.0 Å². The lowest BCUT2D eigenvalue weighted by Gasteiger charge is -2.13. The molecule has 0 atom stereocenters. The summed E-state index contributed by atoms with van der Waals surface area (Å²) in [6.07, 6.45) is 0. The third-order valence-electron chi connectivity index (χ3n) is 3.37. The van der Waals surface area contributed by atoms with Crippen LogP contribution in [-0.4, -0.2) is 34.3 Å². The number of hydrogen-bond acceptors (Lipinski definition) is 5. The Kier molecular flexibility index (Phi) is 4.00. The van der Waals surface area contributed by atoms with Crippen molar-refractivity contribution < 1.29 is 0 Å². The number of para-hydroxylation sites is 1. The van der Waals surface area contributed by atoms with Gasteiger partial charge in [0.2, 0.25) is 5.95 Å². The molecule has 0 amide bonds. The molecule has 0 aliphatic heterocycles. The van der Waals surface area contributed by atoms with E-state index in [0.29, 0.717) is 12.5 Å². The lowest BCUT2D eigenvalue weighted by atomic mass is 10.2. The minimum atomic E-state index is 0.628. The van der Waals surface area contributed by atoms with Crippen molar-refractivity contribution >= 4 is 11.6 Å². The van der Waals surface area contributed by atoms with Crippen LogP contribution in [0.4, 0.5) is 11.6 Å². The molecule has 0 saturated carbocycles. The van der Waals surface area contributed by atoms with Crippen molar-refractivity contribution in [1.82, 2.24) is 20.2 Å². The summed E-state index contributed by atoms with van der Waals surface area (Å²) in [7, 11) is 4.06. The SMILES string of the molecule is CN(C)c1ccc(CNc2nnnn2-c2ccccc2)cc1. The summed E-state index contributed by atoms with van der Waals surface area (Å²) in [6, 6.07) is 18.2. The highest BCUT2D eigenvalue weighted by atomic mass is 15.6. The highest BCUT2D eigenvalue weighted by molar-refractivity contribution is 5.46. The normalized spacial score (nSPS) is 10.5. The highest BCUT2D eigenvalue weighted by Gasteiger charge is 2.07. The average molecular weight is 294 g/mol. The zero-order valence-corrected chi connectivity index (χ0v) is 12.6. The topological polar surface area (TPSA) is 58.9 Å². The molecule has 6 heteroatoms. The van der Waals surface area contributed by atoms with Crippen molar-refractivity contribution in [2.75, 3.05) is 24.3 Å². The van der Waals surface area contributed by atoms with Gasteiger partial charge >= 0.3 is 0 Å². The molecule has 0 radical (unpaired) electrons. The number of nitrogens with one attached hydrogen (secondary N) is 1. The van der Waals surface area contributed by atoms with Gasteiger partial charge in [-0.1, -0.05) is 35.4 Å². The van der Waals surface area contributed by atoms with Crippen molar-refractivity contribution in [3.8, 4) is 5.69 Å². The number of aromatic nitrogens is 4. The standard InChI is InChI=1S/C16H18N6/c1-21(2)14-10-8-13(9-11-14)12-17-16-18-19-20-22(16)15-6-4-3-5-7-15/h3-11H,12H2,1-2H3,(H,17,18,20). The van der Waals surface area contributed by atoms with Crippen molar-refractivity contribution in [3.05, 3.63) is 60.2 Å². The Bertz CT molecular complexity index is 718. The van der Waals surface area contributed by atoms with Gasteiger partial charge in [-0.25, -0.2) is 0 Å². The second-order valence-electron chi connectivity index (χ2n) is 5.16. The van der Waals surface area contributed by atoms with Gasteiger partial charge in [-0.2, -0.15) is 4.68 Å². The summed E-state index contributed by atoms with van der Waals surface area (Å²) in [5.74, 6) is 0.628. The highest BCUT2D eigenvalue weighted by Crippen LogP contribution is 2.14. The van der Waals surface area contributed by atoms with Gasteiger partial charge in [0.1, 0.15) is 0 Å². The second-order valence-corrected chi connectivity index (χ2v) is 5.16. The maximum Gasteiger partial charge on any atom is 0.248 e. The van der Waals surface area contributed by atoms with Crippen LogP contribution in [0.2, 0.25) is 0 Å². The Balaban J connectivity index is 1.71. The number of hydrogen-bond donors (Lipinski definition) is 1. The van der Waals surface area contributed by atoms with Gasteiger partial charge in [-0.05, 0) is 40.3 Å². The molecule has 0 fully saturated rings. The van der Waals surface area contributed by atoms with E-state index in [9.17, 15) is 0 Å². The largest absolute Gasteiger partial charge is 0.378 e. The quantitative estimate of drug-likeness (QED) is 0.782. The molecule has 6 nitrogen and oxygen atoms in total. The molecule has 1 heterocycles. The molecule has 0 saturated heterocycles. The molecule has 1 N–H and O–H groups in total. The molecule has 0 unspecified atom stereocenters. The van der Waals surface area contributed by atoms with Crippen LogP contribution in [0.1, 0.15) is 5.56 Å². The minimum absolute atomic E-state index is 0.628. The van der Waals surface area contributed by atoms with Crippen LogP contribution < -0.4 is 10.2 Å². The Labute approximate surface area is 129 Å². The third kappa shape index (κ3) is 3.06. The number of nitrogens with zero attached hydrogens (tertiary/aromatic N) is 5. The summed E-state index contributed by atoms with van der Waals surface area (Å²) >= 11 is 0. The van der Waals surface area contributed by atoms with Crippen LogP contribution in [0.25, 0.3) is 5.69 Å². The zero-order valence-electron chi connectivity index (χ0n) is 12.6. The Morgan fingerprint density at radius 1 is 1.00 bits per heavy atom. The summed E-state index contributed by atoms with van der Waals surface area (Å²) < 4.78 is 1.69. The van der Waals surface area contributed by atoms with Crippen LogP contribution in [-0.2, 0) is 6.54 Å². The first-order chi connectivity index (χ1) is 10.7. The fourth-order valence-electron chi connectivity index (χ4n) is 2.13. The fraction of sp³-hybridized carbons (Fsp3) is 0.188. The molecule has 1 aromatic heterocycles. The first kappa shape index (κ1) is 14.1. The van der Waals surface area contributed by atoms with E-state index in [1.807, 2.05) is 44.4 Å². The molecule has 0 bridgehead atoms. The van der Waals surface area contributed by atoms with Crippen LogP contribution >= 0.6 is 0 Å². The van der Waals surface area contributed by atoms with Crippen molar-refractivity contribution in [3.63, 3.8) is 0 Å². The van der Waals surface area contributed by atoms with E-state index in [0.717, 1.165) is 5.69 Å². The number of tetrazole rings is 1. The Hall–Kier alpha value is -2.89. The zero-order chi connectivity index (χ0) is 15.4. The minimum Gasteiger partial charge on any atom is -0.378 e. The van der Waals surface area contributed by atoms with Crippen LogP contribution in [0, 0.1) is 0 Å². The molecule has 3 aromatic rings. The molecule has 0 aliphatic carbocycles. The predicted molar refractivity (Wildman–Crippen MR) is 87.2 cm³/mol. The van der Waals surface area contributed by atoms with Crippen LogP contribution in [0.3, 0.4) is 0 Å². The van der Waals surface area contributed by atoms with Gasteiger partial charge in [0.25, 0.3) is 0 Å². The first-order valence-corrected chi connectivity index (χ1v) is 7.08. The Morgan fingerprint density at radius 2 is 1.73 bits per heavy atom. The molecule has 0 spiro atoms. The molecular formula is C16H18N6. The van der Waals surface area contributed by atoms with Crippen LogP contribution in [0.5, 0.6) is 0 Å². The van der Waals surface area contributed by atoms with Crippen molar-refractivity contribution in [2.45, 2.75) is 6.54 Å². The maximum absolute atomic E-state index is 4.04. The second kappa shape index (κ2) is 6.26. The first-order valence-electron chi connectivity index (χ1n) is 7.08. The lowest BCUT2D eigenvalue weighted by Crippen LogP contribution is -2.09. The fourth-order valence-corrected chi connectivity index (χ4v) is 2.13. The maximum atomic E-state index is 4.04. The number of benzene rings is 2. The predicted octanol–water partition coefficient (Wildman–Crippen LogP) is 2.34. The van der Waals surface area contributed by atoms with Gasteiger partial charge in [-0.15, -0.1) is 0 Å². The molecule has 3 rings (SSSR count). The molecule has 0 aliphatic rings. The van der Waals surface area contributed by atoms with Crippen molar-refractivity contribution in [2.24, 2.45) is 0 Å². The van der Waals surface area contributed by atoms with Crippen LogP contribution in [0.15, 0.2) is 54.6 Å². The summed E-state index contributed by atoms with van der Waals surface area (Å²) in [4.78, 5) is 2.08. The lowest BCUT2D eigenvalue weighted by molar-refractivity contribution is 0.789. The average Bonchev–Trinajstić information content (AvgIpc) is 3.02. The van der Waals surface area contributed by atoms with Gasteiger partial charge in [0, 0.05) is 26.3 Å². The Morgan fingerprint density at radius 3 is 2.41 bits per heavy atom. The molecular weight excluding hydrogens is 276 g/mol. The van der Waals surface area contributed by atoms with E-state index in [1.54, 1.807) is 4.68 Å². The summed E-state index contributed by atoms with van der Waals surface area (Å²) in [5.41, 5.74) is 3.28. The molecule has 2 aromatic carbocycles. The number of rotatable bonds is 5. The summed E-state index contributed by atoms with van der Waals surface area (Å²) in [5, 5.41) is 15.1. The van der Waals surface area contributed by atoms with Gasteiger partial charge < -0.3 is 10.2 Å². The third-order valence-corrected chi connectivity index (χ3v) is 3.37. The molecule has 22 heavy (non-hydrogen) atoms. The van der Waals surface area contributed by atoms with Crippen molar-refractivity contribution in [1.29, 1.82) is 0 Å². The molecule has 112 valence electrons. The van der Waals surface area contributed by atoms with Gasteiger partial charge in [0.05, 0.1) is 5.69 Å². The van der Waals surface area contributed by atoms with E-state index in [1.165, 1.54) is 11.3 Å². The summed E-state index contributed by atoms with van der Waals surface area (Å²) in [6.45, 7) is 0.668. The monoisotopic (exact) mass is 294 g/mol. The van der Waals surface area contributed by atoms with E-state index in [4.69, 9.17) is 0 Å².